The van der Waals surface area contributed by atoms with Crippen molar-refractivity contribution in [1.82, 2.24) is 19.7 Å². The van der Waals surface area contributed by atoms with E-state index in [0.717, 1.165) is 16.5 Å². The van der Waals surface area contributed by atoms with E-state index < -0.39 is 4.92 Å². The minimum atomic E-state index is -0.430. The molecule has 2 heterocycles. The molecule has 0 aliphatic rings. The minimum absolute atomic E-state index is 0.0216. The van der Waals surface area contributed by atoms with Crippen molar-refractivity contribution in [1.29, 1.82) is 0 Å². The summed E-state index contributed by atoms with van der Waals surface area (Å²) in [6, 6.07) is 20.1. The van der Waals surface area contributed by atoms with Crippen molar-refractivity contribution in [3.05, 3.63) is 87.7 Å². The molecule has 9 heteroatoms. The van der Waals surface area contributed by atoms with Crippen molar-refractivity contribution >= 4 is 50.7 Å². The monoisotopic (exact) mass is 472 g/mol. The van der Waals surface area contributed by atoms with E-state index in [0.29, 0.717) is 28.4 Å². The quantitative estimate of drug-likeness (QED) is 0.180. The summed E-state index contributed by atoms with van der Waals surface area (Å²) in [5.41, 5.74) is 2.46. The lowest BCUT2D eigenvalue weighted by molar-refractivity contribution is -0.384. The van der Waals surface area contributed by atoms with Crippen molar-refractivity contribution in [2.75, 3.05) is 5.32 Å². The Balaban J connectivity index is 1.63. The van der Waals surface area contributed by atoms with E-state index in [4.69, 9.17) is 21.7 Å². The van der Waals surface area contributed by atoms with Crippen LogP contribution in [0.4, 0.5) is 17.3 Å². The Morgan fingerprint density at radius 3 is 2.26 bits per heavy atom. The molecule has 2 aromatic heterocycles. The Bertz CT molecular complexity index is 1570. The highest BCUT2D eigenvalue weighted by atomic mass is 35.5. The third-order valence-electron chi connectivity index (χ3n) is 5.50. The van der Waals surface area contributed by atoms with Gasteiger partial charge in [0.25, 0.3) is 5.69 Å². The molecular formula is C25H21ClN6O2. The summed E-state index contributed by atoms with van der Waals surface area (Å²) < 4.78 is 1.62. The molecule has 0 aliphatic carbocycles. The van der Waals surface area contributed by atoms with Crippen LogP contribution in [0.15, 0.2) is 66.7 Å². The number of nitrogens with one attached hydrogen (secondary N) is 1. The zero-order valence-corrected chi connectivity index (χ0v) is 19.5. The first-order valence-electron chi connectivity index (χ1n) is 10.7. The Morgan fingerprint density at radius 2 is 1.62 bits per heavy atom. The maximum absolute atomic E-state index is 11.3. The van der Waals surface area contributed by atoms with Gasteiger partial charge in [0, 0.05) is 23.6 Å². The van der Waals surface area contributed by atoms with Crippen LogP contribution in [0, 0.1) is 10.1 Å². The Hall–Kier alpha value is -4.04. The van der Waals surface area contributed by atoms with E-state index in [1.54, 1.807) is 16.8 Å². The summed E-state index contributed by atoms with van der Waals surface area (Å²) in [6.07, 6.45) is 0. The minimum Gasteiger partial charge on any atom is -0.322 e. The molecule has 0 fully saturated rings. The number of hydrogen-bond acceptors (Lipinski definition) is 6. The lowest BCUT2D eigenvalue weighted by Crippen LogP contribution is -2.12. The van der Waals surface area contributed by atoms with Crippen LogP contribution in [0.1, 0.15) is 26.5 Å². The molecule has 0 atom stereocenters. The fraction of sp³-hybridized carbons (Fsp3) is 0.160. The molecule has 0 bridgehead atoms. The van der Waals surface area contributed by atoms with Crippen LogP contribution in [0.25, 0.3) is 27.5 Å². The van der Waals surface area contributed by atoms with Crippen molar-refractivity contribution in [2.45, 2.75) is 26.2 Å². The maximum Gasteiger partial charge on any atom is 0.271 e. The molecule has 0 saturated carbocycles. The summed E-state index contributed by atoms with van der Waals surface area (Å²) in [5, 5.41) is 21.6. The smallest absolute Gasteiger partial charge is 0.271 e. The first-order chi connectivity index (χ1) is 16.2. The molecule has 0 radical (unpaired) electrons. The number of nitrogens with zero attached hydrogens (tertiary/aromatic N) is 5. The predicted octanol–water partition coefficient (Wildman–Crippen LogP) is 6.57. The molecule has 1 N–H and O–H groups in total. The van der Waals surface area contributed by atoms with Crippen LogP contribution in [0.2, 0.25) is 5.15 Å². The Kier molecular flexibility index (Phi) is 5.17. The molecule has 0 unspecified atom stereocenters. The van der Waals surface area contributed by atoms with Crippen molar-refractivity contribution in [3.8, 4) is 5.69 Å². The second-order valence-electron chi connectivity index (χ2n) is 9.03. The normalized spacial score (nSPS) is 11.8. The zero-order chi connectivity index (χ0) is 24.0. The van der Waals surface area contributed by atoms with Gasteiger partial charge in [-0.3, -0.25) is 10.1 Å². The van der Waals surface area contributed by atoms with Gasteiger partial charge in [0.15, 0.2) is 11.0 Å². The molecule has 0 aliphatic heterocycles. The highest BCUT2D eigenvalue weighted by molar-refractivity contribution is 6.32. The van der Waals surface area contributed by atoms with Crippen molar-refractivity contribution in [3.63, 3.8) is 0 Å². The van der Waals surface area contributed by atoms with Crippen molar-refractivity contribution < 1.29 is 4.92 Å². The fourth-order valence-electron chi connectivity index (χ4n) is 3.69. The molecule has 5 aromatic rings. The van der Waals surface area contributed by atoms with Gasteiger partial charge in [-0.1, -0.05) is 62.7 Å². The number of nitro benzene ring substituents is 1. The van der Waals surface area contributed by atoms with E-state index in [-0.39, 0.29) is 16.3 Å². The number of nitro groups is 1. The maximum atomic E-state index is 11.3. The Morgan fingerprint density at radius 1 is 0.941 bits per heavy atom. The van der Waals surface area contributed by atoms with E-state index in [1.807, 2.05) is 63.2 Å². The number of non-ortho nitro benzene ring substituents is 1. The van der Waals surface area contributed by atoms with Crippen LogP contribution in [-0.2, 0) is 5.41 Å². The van der Waals surface area contributed by atoms with Gasteiger partial charge in [0.2, 0.25) is 0 Å². The van der Waals surface area contributed by atoms with Gasteiger partial charge in [-0.05, 0) is 29.0 Å². The fourth-order valence-corrected chi connectivity index (χ4v) is 3.87. The molecule has 0 saturated heterocycles. The van der Waals surface area contributed by atoms with Gasteiger partial charge in [0.05, 0.1) is 27.3 Å². The number of hydrogen-bond donors (Lipinski definition) is 1. The second-order valence-corrected chi connectivity index (χ2v) is 9.39. The van der Waals surface area contributed by atoms with E-state index in [9.17, 15) is 10.1 Å². The summed E-state index contributed by atoms with van der Waals surface area (Å²) >= 11 is 6.51. The number of aromatic nitrogens is 4. The number of fused-ring (bicyclic) bond motifs is 2. The lowest BCUT2D eigenvalue weighted by Gasteiger charge is -2.14. The van der Waals surface area contributed by atoms with Crippen LogP contribution < -0.4 is 5.32 Å². The molecule has 170 valence electrons. The van der Waals surface area contributed by atoms with Gasteiger partial charge < -0.3 is 5.32 Å². The topological polar surface area (TPSA) is 98.8 Å². The van der Waals surface area contributed by atoms with Gasteiger partial charge in [-0.25, -0.2) is 14.6 Å². The predicted molar refractivity (Wildman–Crippen MR) is 134 cm³/mol. The zero-order valence-electron chi connectivity index (χ0n) is 18.8. The lowest BCUT2D eigenvalue weighted by atomic mass is 9.92. The summed E-state index contributed by atoms with van der Waals surface area (Å²) in [7, 11) is 0. The SMILES string of the molecule is CC(C)(C)c1cc(Nc2nc3cc4ccccc4cc3nc2Cl)n(-c2cccc([N+](=O)[O-])c2)n1. The van der Waals surface area contributed by atoms with E-state index in [2.05, 4.69) is 10.3 Å². The average Bonchev–Trinajstić information content (AvgIpc) is 3.23. The van der Waals surface area contributed by atoms with Crippen LogP contribution in [0.5, 0.6) is 0 Å². The molecule has 0 spiro atoms. The van der Waals surface area contributed by atoms with Gasteiger partial charge in [0.1, 0.15) is 5.82 Å². The molecule has 34 heavy (non-hydrogen) atoms. The van der Waals surface area contributed by atoms with Crippen LogP contribution >= 0.6 is 11.6 Å². The van der Waals surface area contributed by atoms with Crippen LogP contribution in [0.3, 0.4) is 0 Å². The highest BCUT2D eigenvalue weighted by Crippen LogP contribution is 2.32. The molecular weight excluding hydrogens is 452 g/mol. The standard InChI is InChI=1S/C25H21ClN6O2/c1-25(2,3)21-14-22(31(30-21)17-9-6-10-18(13-17)32(33)34)29-24-23(26)27-19-11-15-7-4-5-8-16(15)12-20(19)28-24/h4-14H,1-3H3,(H,28,29). The molecule has 8 nitrogen and oxygen atoms in total. The first kappa shape index (κ1) is 21.8. The third-order valence-corrected chi connectivity index (χ3v) is 5.76. The van der Waals surface area contributed by atoms with Crippen LogP contribution in [-0.4, -0.2) is 24.7 Å². The largest absolute Gasteiger partial charge is 0.322 e. The summed E-state index contributed by atoms with van der Waals surface area (Å²) in [6.45, 7) is 6.14. The van der Waals surface area contributed by atoms with Gasteiger partial charge >= 0.3 is 0 Å². The number of halogens is 1. The first-order valence-corrected chi connectivity index (χ1v) is 11.1. The third kappa shape index (κ3) is 4.04. The number of benzene rings is 3. The molecule has 0 amide bonds. The summed E-state index contributed by atoms with van der Waals surface area (Å²) in [5.74, 6) is 0.943. The average molecular weight is 473 g/mol. The van der Waals surface area contributed by atoms with E-state index >= 15 is 0 Å². The summed E-state index contributed by atoms with van der Waals surface area (Å²) in [4.78, 5) is 20.1. The highest BCUT2D eigenvalue weighted by Gasteiger charge is 2.22. The number of rotatable bonds is 4. The van der Waals surface area contributed by atoms with Crippen molar-refractivity contribution in [2.24, 2.45) is 0 Å². The Labute approximate surface area is 200 Å². The second kappa shape index (κ2) is 8.07. The molecule has 3 aromatic carbocycles. The van der Waals surface area contributed by atoms with Gasteiger partial charge in [-0.2, -0.15) is 5.10 Å². The molecule has 5 rings (SSSR count). The van der Waals surface area contributed by atoms with Gasteiger partial charge in [-0.15, -0.1) is 0 Å². The number of anilines is 2. The van der Waals surface area contributed by atoms with E-state index in [1.165, 1.54) is 12.1 Å².